The first-order valence-electron chi connectivity index (χ1n) is 6.89. The standard InChI is InChI=1S/C14H14N4O4S/c1-17-7-8(6-15-17)18-5-4-9(13(18)20)16-12(19)10-2-3-11(23-10)14(21)22/h2-3,6-7,9H,4-5H2,1H3,(H,16,19)(H,21,22). The van der Waals surface area contributed by atoms with Gasteiger partial charge in [0, 0.05) is 19.8 Å². The second-order valence-electron chi connectivity index (χ2n) is 5.15. The molecule has 0 spiro atoms. The molecule has 1 unspecified atom stereocenters. The Balaban J connectivity index is 1.67. The monoisotopic (exact) mass is 334 g/mol. The van der Waals surface area contributed by atoms with E-state index >= 15 is 0 Å². The highest BCUT2D eigenvalue weighted by atomic mass is 32.1. The maximum Gasteiger partial charge on any atom is 0.345 e. The molecule has 0 saturated carbocycles. The largest absolute Gasteiger partial charge is 0.477 e. The predicted molar refractivity (Wildman–Crippen MR) is 82.7 cm³/mol. The Morgan fingerprint density at radius 1 is 1.39 bits per heavy atom. The fourth-order valence-electron chi connectivity index (χ4n) is 2.42. The Bertz CT molecular complexity index is 781. The highest BCUT2D eigenvalue weighted by Gasteiger charge is 2.34. The Hall–Kier alpha value is -2.68. The Morgan fingerprint density at radius 2 is 2.13 bits per heavy atom. The lowest BCUT2D eigenvalue weighted by molar-refractivity contribution is -0.118. The first-order chi connectivity index (χ1) is 11.0. The molecule has 0 radical (unpaired) electrons. The van der Waals surface area contributed by atoms with E-state index in [1.807, 2.05) is 0 Å². The Labute approximate surface area is 135 Å². The summed E-state index contributed by atoms with van der Waals surface area (Å²) in [5.41, 5.74) is 0.693. The van der Waals surface area contributed by atoms with Crippen molar-refractivity contribution in [3.63, 3.8) is 0 Å². The number of carboxylic acid groups (broad SMARTS) is 1. The second-order valence-corrected chi connectivity index (χ2v) is 6.23. The first-order valence-corrected chi connectivity index (χ1v) is 7.71. The Kier molecular flexibility index (Phi) is 3.87. The van der Waals surface area contributed by atoms with Gasteiger partial charge < -0.3 is 15.3 Å². The van der Waals surface area contributed by atoms with Crippen LogP contribution in [-0.4, -0.2) is 45.3 Å². The van der Waals surface area contributed by atoms with Gasteiger partial charge in [-0.15, -0.1) is 11.3 Å². The van der Waals surface area contributed by atoms with Gasteiger partial charge in [-0.2, -0.15) is 5.10 Å². The third-order valence-corrected chi connectivity index (χ3v) is 4.63. The van der Waals surface area contributed by atoms with Crippen LogP contribution in [0.4, 0.5) is 5.69 Å². The van der Waals surface area contributed by atoms with Crippen molar-refractivity contribution < 1.29 is 19.5 Å². The zero-order valence-corrected chi connectivity index (χ0v) is 13.0. The zero-order chi connectivity index (χ0) is 16.6. The normalized spacial score (nSPS) is 17.5. The van der Waals surface area contributed by atoms with E-state index in [0.717, 1.165) is 11.3 Å². The third kappa shape index (κ3) is 2.95. The van der Waals surface area contributed by atoms with Gasteiger partial charge in [-0.25, -0.2) is 4.79 Å². The van der Waals surface area contributed by atoms with E-state index in [0.29, 0.717) is 18.7 Å². The van der Waals surface area contributed by atoms with Gasteiger partial charge in [0.15, 0.2) is 0 Å². The predicted octanol–water partition coefficient (Wildman–Crippen LogP) is 0.715. The number of nitrogens with zero attached hydrogens (tertiary/aromatic N) is 3. The lowest BCUT2D eigenvalue weighted by Crippen LogP contribution is -2.41. The highest BCUT2D eigenvalue weighted by molar-refractivity contribution is 7.15. The van der Waals surface area contributed by atoms with Crippen molar-refractivity contribution in [2.75, 3.05) is 11.4 Å². The summed E-state index contributed by atoms with van der Waals surface area (Å²) in [6, 6.07) is 2.21. The summed E-state index contributed by atoms with van der Waals surface area (Å²) < 4.78 is 1.60. The molecule has 2 amide bonds. The molecule has 0 aliphatic carbocycles. The van der Waals surface area contributed by atoms with Crippen LogP contribution in [0.25, 0.3) is 0 Å². The molecule has 120 valence electrons. The number of aromatic carboxylic acids is 1. The van der Waals surface area contributed by atoms with Crippen molar-refractivity contribution in [3.05, 3.63) is 34.3 Å². The lowest BCUT2D eigenvalue weighted by atomic mass is 10.2. The molecule has 2 aromatic rings. The fourth-order valence-corrected chi connectivity index (χ4v) is 3.17. The number of carboxylic acids is 1. The zero-order valence-electron chi connectivity index (χ0n) is 12.2. The van der Waals surface area contributed by atoms with Crippen molar-refractivity contribution in [3.8, 4) is 0 Å². The van der Waals surface area contributed by atoms with Crippen LogP contribution < -0.4 is 10.2 Å². The average molecular weight is 334 g/mol. The summed E-state index contributed by atoms with van der Waals surface area (Å²) in [5.74, 6) is -1.70. The summed E-state index contributed by atoms with van der Waals surface area (Å²) in [5, 5.41) is 15.6. The molecule has 0 bridgehead atoms. The smallest absolute Gasteiger partial charge is 0.345 e. The van der Waals surface area contributed by atoms with Gasteiger partial charge in [-0.3, -0.25) is 14.3 Å². The molecule has 1 saturated heterocycles. The minimum atomic E-state index is -1.08. The summed E-state index contributed by atoms with van der Waals surface area (Å²) in [4.78, 5) is 37.3. The summed E-state index contributed by atoms with van der Waals surface area (Å²) in [6.45, 7) is 0.500. The van der Waals surface area contributed by atoms with Crippen molar-refractivity contribution in [1.29, 1.82) is 0 Å². The van der Waals surface area contributed by atoms with Crippen LogP contribution >= 0.6 is 11.3 Å². The summed E-state index contributed by atoms with van der Waals surface area (Å²) in [6.07, 6.45) is 3.83. The van der Waals surface area contributed by atoms with Crippen molar-refractivity contribution >= 4 is 34.8 Å². The molecule has 3 heterocycles. The van der Waals surface area contributed by atoms with E-state index in [-0.39, 0.29) is 15.7 Å². The summed E-state index contributed by atoms with van der Waals surface area (Å²) >= 11 is 0.884. The van der Waals surface area contributed by atoms with E-state index in [1.165, 1.54) is 12.1 Å². The molecule has 1 atom stereocenters. The van der Waals surface area contributed by atoms with Gasteiger partial charge in [-0.05, 0) is 18.6 Å². The number of hydrogen-bond donors (Lipinski definition) is 2. The first kappa shape index (κ1) is 15.2. The highest BCUT2D eigenvalue weighted by Crippen LogP contribution is 2.22. The molecule has 8 nitrogen and oxygen atoms in total. The maximum absolute atomic E-state index is 12.4. The number of carbonyl (C=O) groups excluding carboxylic acids is 2. The molecule has 1 fully saturated rings. The minimum Gasteiger partial charge on any atom is -0.477 e. The number of aromatic nitrogens is 2. The van der Waals surface area contributed by atoms with Crippen LogP contribution in [-0.2, 0) is 11.8 Å². The molecule has 0 aromatic carbocycles. The van der Waals surface area contributed by atoms with Crippen LogP contribution in [0, 0.1) is 0 Å². The molecule has 2 aromatic heterocycles. The van der Waals surface area contributed by atoms with Crippen molar-refractivity contribution in [1.82, 2.24) is 15.1 Å². The van der Waals surface area contributed by atoms with Crippen LogP contribution in [0.1, 0.15) is 25.8 Å². The quantitative estimate of drug-likeness (QED) is 0.857. The molecule has 1 aliphatic heterocycles. The van der Waals surface area contributed by atoms with Crippen LogP contribution in [0.2, 0.25) is 0 Å². The van der Waals surface area contributed by atoms with E-state index in [9.17, 15) is 14.4 Å². The average Bonchev–Trinajstić information content (AvgIpc) is 3.20. The molecule has 9 heteroatoms. The maximum atomic E-state index is 12.4. The number of rotatable bonds is 4. The SMILES string of the molecule is Cn1cc(N2CCC(NC(=O)c3ccc(C(=O)O)s3)C2=O)cn1. The number of thiophene rings is 1. The van der Waals surface area contributed by atoms with Crippen LogP contribution in [0.5, 0.6) is 0 Å². The molecule has 1 aliphatic rings. The molecule has 3 rings (SSSR count). The molecular weight excluding hydrogens is 320 g/mol. The molecule has 2 N–H and O–H groups in total. The van der Waals surface area contributed by atoms with Gasteiger partial charge in [0.2, 0.25) is 5.91 Å². The second kappa shape index (κ2) is 5.84. The number of amides is 2. The van der Waals surface area contributed by atoms with Crippen LogP contribution in [0.15, 0.2) is 24.5 Å². The van der Waals surface area contributed by atoms with Gasteiger partial charge in [0.1, 0.15) is 10.9 Å². The fraction of sp³-hybridized carbons (Fsp3) is 0.286. The van der Waals surface area contributed by atoms with Crippen molar-refractivity contribution in [2.45, 2.75) is 12.5 Å². The molecule has 23 heavy (non-hydrogen) atoms. The van der Waals surface area contributed by atoms with Crippen molar-refractivity contribution in [2.24, 2.45) is 7.05 Å². The van der Waals surface area contributed by atoms with E-state index in [1.54, 1.807) is 29.0 Å². The number of hydrogen-bond acceptors (Lipinski definition) is 5. The third-order valence-electron chi connectivity index (χ3n) is 3.55. The number of anilines is 1. The molecular formula is C14H14N4O4S. The van der Waals surface area contributed by atoms with E-state index < -0.39 is 17.9 Å². The number of aryl methyl sites for hydroxylation is 1. The topological polar surface area (TPSA) is 105 Å². The van der Waals surface area contributed by atoms with Gasteiger partial charge in [-0.1, -0.05) is 0 Å². The lowest BCUT2D eigenvalue weighted by Gasteiger charge is -2.14. The number of carbonyl (C=O) groups is 3. The minimum absolute atomic E-state index is 0.0879. The van der Waals surface area contributed by atoms with Crippen LogP contribution in [0.3, 0.4) is 0 Å². The number of nitrogens with one attached hydrogen (secondary N) is 1. The van der Waals surface area contributed by atoms with Gasteiger partial charge in [0.05, 0.1) is 16.8 Å². The van der Waals surface area contributed by atoms with E-state index in [2.05, 4.69) is 10.4 Å². The Morgan fingerprint density at radius 3 is 2.74 bits per heavy atom. The van der Waals surface area contributed by atoms with Gasteiger partial charge >= 0.3 is 5.97 Å². The van der Waals surface area contributed by atoms with E-state index in [4.69, 9.17) is 5.11 Å². The summed E-state index contributed by atoms with van der Waals surface area (Å²) in [7, 11) is 1.76. The van der Waals surface area contributed by atoms with Gasteiger partial charge in [0.25, 0.3) is 5.91 Å².